The molecule has 2 nitrogen and oxygen atoms in total. The first kappa shape index (κ1) is 13.5. The Kier molecular flexibility index (Phi) is 3.17. The third kappa shape index (κ3) is 2.11. The Labute approximate surface area is 92.2 Å². The van der Waals surface area contributed by atoms with E-state index in [0.29, 0.717) is 12.1 Å². The third-order valence-electron chi connectivity index (χ3n) is 2.14. The van der Waals surface area contributed by atoms with Gasteiger partial charge in [0.1, 0.15) is 0 Å². The molecule has 0 fully saturated rings. The van der Waals surface area contributed by atoms with Gasteiger partial charge in [-0.25, -0.2) is 8.78 Å². The monoisotopic (exact) mass is 258 g/mol. The molecule has 1 rings (SSSR count). The minimum Gasteiger partial charge on any atom is -0.397 e. The summed E-state index contributed by atoms with van der Waals surface area (Å²) in [5.74, 6) is -10.5. The second kappa shape index (κ2) is 4.01. The zero-order valence-electron chi connectivity index (χ0n) is 8.23. The lowest BCUT2D eigenvalue weighted by Gasteiger charge is -2.26. The molecule has 0 aliphatic carbocycles. The van der Waals surface area contributed by atoms with Crippen molar-refractivity contribution in [1.29, 1.82) is 0 Å². The molecule has 0 radical (unpaired) electrons. The molecular weight excluding hydrogens is 250 g/mol. The molecule has 1 aromatic carbocycles. The summed E-state index contributed by atoms with van der Waals surface area (Å²) in [5.41, 5.74) is 8.54. The fraction of sp³-hybridized carbons (Fsp3) is 0.333. The molecule has 0 heterocycles. The van der Waals surface area contributed by atoms with E-state index in [1.54, 1.807) is 0 Å². The lowest BCUT2D eigenvalue weighted by molar-refractivity contribution is -0.270. The molecule has 4 N–H and O–H groups in total. The van der Waals surface area contributed by atoms with Crippen LogP contribution >= 0.6 is 0 Å². The molecular formula is C9H8F6N2. The predicted molar refractivity (Wildman–Crippen MR) is 50.1 cm³/mol. The summed E-state index contributed by atoms with van der Waals surface area (Å²) in [6.07, 6.45) is -4.49. The Balaban J connectivity index is 3.25. The van der Waals surface area contributed by atoms with E-state index in [4.69, 9.17) is 11.5 Å². The highest BCUT2D eigenvalue weighted by atomic mass is 19.3. The Morgan fingerprint density at radius 1 is 0.941 bits per heavy atom. The van der Waals surface area contributed by atoms with Crippen LogP contribution in [0.1, 0.15) is 5.56 Å². The molecule has 0 amide bonds. The smallest absolute Gasteiger partial charge is 0.373 e. The Hall–Kier alpha value is -1.60. The van der Waals surface area contributed by atoms with Gasteiger partial charge in [0.05, 0.1) is 11.4 Å². The van der Waals surface area contributed by atoms with Crippen LogP contribution < -0.4 is 11.5 Å². The molecule has 0 aliphatic rings. The summed E-state index contributed by atoms with van der Waals surface area (Å²) in [5, 5.41) is 0. The van der Waals surface area contributed by atoms with Gasteiger partial charge in [-0.3, -0.25) is 0 Å². The van der Waals surface area contributed by atoms with E-state index in [1.807, 2.05) is 0 Å². The van der Waals surface area contributed by atoms with Crippen LogP contribution in [-0.4, -0.2) is 12.3 Å². The first-order valence-electron chi connectivity index (χ1n) is 4.30. The maximum absolute atomic E-state index is 13.2. The van der Waals surface area contributed by atoms with Crippen molar-refractivity contribution in [3.8, 4) is 0 Å². The molecule has 0 saturated carbocycles. The molecule has 96 valence electrons. The summed E-state index contributed by atoms with van der Waals surface area (Å²) in [6.45, 7) is 0. The van der Waals surface area contributed by atoms with E-state index in [9.17, 15) is 26.3 Å². The summed E-state index contributed by atoms with van der Waals surface area (Å²) < 4.78 is 75.5. The fourth-order valence-corrected chi connectivity index (χ4v) is 1.10. The van der Waals surface area contributed by atoms with Crippen LogP contribution in [0.15, 0.2) is 18.2 Å². The standard InChI is InChI=1S/C9H8F6N2/c10-7(11)9(14,15)8(12,13)4-1-2-5(16)6(17)3-4/h1-3,7H,16-17H2. The molecule has 17 heavy (non-hydrogen) atoms. The van der Waals surface area contributed by atoms with E-state index in [2.05, 4.69) is 0 Å². The van der Waals surface area contributed by atoms with Crippen molar-refractivity contribution in [3.05, 3.63) is 23.8 Å². The molecule has 8 heteroatoms. The van der Waals surface area contributed by atoms with E-state index >= 15 is 0 Å². The highest BCUT2D eigenvalue weighted by molar-refractivity contribution is 5.64. The van der Waals surface area contributed by atoms with Crippen LogP contribution in [0, 0.1) is 0 Å². The van der Waals surface area contributed by atoms with Gasteiger partial charge < -0.3 is 11.5 Å². The van der Waals surface area contributed by atoms with Gasteiger partial charge in [-0.15, -0.1) is 0 Å². The van der Waals surface area contributed by atoms with E-state index in [-0.39, 0.29) is 11.4 Å². The Bertz CT molecular complexity index is 418. The van der Waals surface area contributed by atoms with Crippen molar-refractivity contribution in [2.75, 3.05) is 11.5 Å². The number of benzene rings is 1. The molecule has 0 spiro atoms. The van der Waals surface area contributed by atoms with Gasteiger partial charge in [0.15, 0.2) is 0 Å². The van der Waals surface area contributed by atoms with Crippen molar-refractivity contribution in [2.24, 2.45) is 0 Å². The van der Waals surface area contributed by atoms with E-state index in [1.165, 1.54) is 0 Å². The number of rotatable bonds is 3. The minimum absolute atomic E-state index is 0.107. The molecule has 0 bridgehead atoms. The SMILES string of the molecule is Nc1ccc(C(F)(F)C(F)(F)C(F)F)cc1N. The second-order valence-corrected chi connectivity index (χ2v) is 3.34. The van der Waals surface area contributed by atoms with Crippen molar-refractivity contribution in [1.82, 2.24) is 0 Å². The highest BCUT2D eigenvalue weighted by Crippen LogP contribution is 2.46. The summed E-state index contributed by atoms with van der Waals surface area (Å²) in [6, 6.07) is 1.83. The first-order chi connectivity index (χ1) is 7.60. The van der Waals surface area contributed by atoms with Crippen molar-refractivity contribution in [2.45, 2.75) is 18.3 Å². The van der Waals surface area contributed by atoms with Gasteiger partial charge >= 0.3 is 18.3 Å². The normalized spacial score (nSPS) is 13.1. The summed E-state index contributed by atoms with van der Waals surface area (Å²) in [7, 11) is 0. The number of anilines is 2. The maximum atomic E-state index is 13.2. The van der Waals surface area contributed by atoms with Crippen LogP contribution in [0.4, 0.5) is 37.7 Å². The van der Waals surface area contributed by atoms with Crippen molar-refractivity contribution in [3.63, 3.8) is 0 Å². The second-order valence-electron chi connectivity index (χ2n) is 3.34. The van der Waals surface area contributed by atoms with Gasteiger partial charge in [0, 0.05) is 5.56 Å². The number of nitrogen functional groups attached to an aromatic ring is 2. The van der Waals surface area contributed by atoms with E-state index < -0.39 is 23.8 Å². The molecule has 0 unspecified atom stereocenters. The lowest BCUT2D eigenvalue weighted by atomic mass is 10.0. The quantitative estimate of drug-likeness (QED) is 0.647. The van der Waals surface area contributed by atoms with Crippen molar-refractivity contribution < 1.29 is 26.3 Å². The Morgan fingerprint density at radius 2 is 1.47 bits per heavy atom. The van der Waals surface area contributed by atoms with Gasteiger partial charge in [0.2, 0.25) is 0 Å². The third-order valence-corrected chi connectivity index (χ3v) is 2.14. The number of hydrogen-bond donors (Lipinski definition) is 2. The molecule has 0 atom stereocenters. The zero-order chi connectivity index (χ0) is 13.4. The van der Waals surface area contributed by atoms with Crippen molar-refractivity contribution >= 4 is 11.4 Å². The average molecular weight is 258 g/mol. The predicted octanol–water partition coefficient (Wildman–Crippen LogP) is 2.84. The number of nitrogens with two attached hydrogens (primary N) is 2. The van der Waals surface area contributed by atoms with Gasteiger partial charge in [0.25, 0.3) is 0 Å². The molecule has 0 saturated heterocycles. The maximum Gasteiger partial charge on any atom is 0.373 e. The summed E-state index contributed by atoms with van der Waals surface area (Å²) >= 11 is 0. The minimum atomic E-state index is -5.48. The fourth-order valence-electron chi connectivity index (χ4n) is 1.10. The number of alkyl halides is 6. The van der Waals surface area contributed by atoms with Gasteiger partial charge in [-0.05, 0) is 12.1 Å². The number of hydrogen-bond acceptors (Lipinski definition) is 2. The van der Waals surface area contributed by atoms with Crippen LogP contribution in [0.3, 0.4) is 0 Å². The van der Waals surface area contributed by atoms with Gasteiger partial charge in [-0.1, -0.05) is 6.07 Å². The van der Waals surface area contributed by atoms with Crippen LogP contribution in [0.5, 0.6) is 0 Å². The lowest BCUT2D eigenvalue weighted by Crippen LogP contribution is -2.44. The molecule has 0 aromatic heterocycles. The highest BCUT2D eigenvalue weighted by Gasteiger charge is 2.63. The van der Waals surface area contributed by atoms with E-state index in [0.717, 1.165) is 6.07 Å². The van der Waals surface area contributed by atoms with Crippen LogP contribution in [-0.2, 0) is 5.92 Å². The zero-order valence-corrected chi connectivity index (χ0v) is 8.23. The van der Waals surface area contributed by atoms with Gasteiger partial charge in [-0.2, -0.15) is 17.6 Å². The first-order valence-corrected chi connectivity index (χ1v) is 4.30. The van der Waals surface area contributed by atoms with Crippen LogP contribution in [0.25, 0.3) is 0 Å². The van der Waals surface area contributed by atoms with Crippen LogP contribution in [0.2, 0.25) is 0 Å². The average Bonchev–Trinajstić information content (AvgIpc) is 2.21. The largest absolute Gasteiger partial charge is 0.397 e. The topological polar surface area (TPSA) is 52.0 Å². The summed E-state index contributed by atoms with van der Waals surface area (Å²) in [4.78, 5) is 0. The molecule has 1 aromatic rings. The Morgan fingerprint density at radius 3 is 1.88 bits per heavy atom. The number of halogens is 6. The molecule has 0 aliphatic heterocycles.